The van der Waals surface area contributed by atoms with Gasteiger partial charge in [-0.2, -0.15) is 5.10 Å². The van der Waals surface area contributed by atoms with Crippen molar-refractivity contribution in [2.24, 2.45) is 5.73 Å². The fourth-order valence-corrected chi connectivity index (χ4v) is 4.61. The summed E-state index contributed by atoms with van der Waals surface area (Å²) in [7, 11) is 1.20. The van der Waals surface area contributed by atoms with Crippen molar-refractivity contribution in [2.75, 3.05) is 33.3 Å². The Balaban J connectivity index is 1.23. The van der Waals surface area contributed by atoms with Crippen molar-refractivity contribution < 1.29 is 23.0 Å². The van der Waals surface area contributed by atoms with Gasteiger partial charge in [0.1, 0.15) is 35.8 Å². The summed E-state index contributed by atoms with van der Waals surface area (Å²) in [5.74, 6) is -1.26. The lowest BCUT2D eigenvalue weighted by atomic mass is 10.0. The molecule has 4 aromatic rings. The Morgan fingerprint density at radius 3 is 2.97 bits per heavy atom. The molecule has 3 atom stereocenters. The van der Waals surface area contributed by atoms with Crippen LogP contribution in [0.5, 0.6) is 5.75 Å². The Bertz CT molecular complexity index is 1390. The van der Waals surface area contributed by atoms with Crippen LogP contribution in [0.3, 0.4) is 0 Å². The number of alkyl halides is 1. The maximum Gasteiger partial charge on any atom is 0.338 e. The fourth-order valence-electron chi connectivity index (χ4n) is 4.61. The van der Waals surface area contributed by atoms with Crippen LogP contribution in [0.2, 0.25) is 0 Å². The number of nitrogens with one attached hydrogen (secondary N) is 1. The van der Waals surface area contributed by atoms with Crippen molar-refractivity contribution in [3.05, 3.63) is 60.6 Å². The Kier molecular flexibility index (Phi) is 7.10. The van der Waals surface area contributed by atoms with Crippen molar-refractivity contribution in [3.8, 4) is 17.0 Å². The summed E-state index contributed by atoms with van der Waals surface area (Å²) < 4.78 is 41.2. The highest BCUT2D eigenvalue weighted by atomic mass is 19.1. The number of aromatic amines is 1. The van der Waals surface area contributed by atoms with Crippen molar-refractivity contribution >= 4 is 17.0 Å². The zero-order chi connectivity index (χ0) is 25.9. The van der Waals surface area contributed by atoms with Gasteiger partial charge in [-0.25, -0.2) is 23.5 Å². The number of likely N-dealkylation sites (tertiary alicyclic amines) is 1. The average molecular weight is 512 g/mol. The minimum atomic E-state index is -1.31. The van der Waals surface area contributed by atoms with Gasteiger partial charge in [-0.1, -0.05) is 0 Å². The lowest BCUT2D eigenvalue weighted by Crippen LogP contribution is -2.49. The van der Waals surface area contributed by atoms with Gasteiger partial charge in [0.2, 0.25) is 0 Å². The molecule has 37 heavy (non-hydrogen) atoms. The first-order valence-electron chi connectivity index (χ1n) is 11.9. The molecule has 10 nitrogen and oxygen atoms in total. The van der Waals surface area contributed by atoms with Crippen LogP contribution in [0.15, 0.2) is 49.2 Å². The molecule has 0 amide bonds. The molecule has 1 aliphatic heterocycles. The standard InChI is InChI=1S/C25H27F2N7O3/c1-36-25(35)15-6-17(26)8-19(7-15)37-22-3-5-33(13-21(22)27)12-18(9-28)34-11-16(10-32-34)23-20-2-4-29-24(20)31-14-30-23/h2,4,6-8,10-11,14,18,21-22H,3,5,9,12-13,28H2,1H3,(H,29,30,31). The van der Waals surface area contributed by atoms with Gasteiger partial charge in [-0.3, -0.25) is 9.58 Å². The van der Waals surface area contributed by atoms with Crippen molar-refractivity contribution in [1.82, 2.24) is 29.6 Å². The molecule has 0 bridgehead atoms. The zero-order valence-electron chi connectivity index (χ0n) is 20.2. The SMILES string of the molecule is COC(=O)c1cc(F)cc(OC2CCN(CC(CN)n3cc(-c4ncnc5[nH]ccc45)cn3)CC2F)c1. The van der Waals surface area contributed by atoms with Crippen molar-refractivity contribution in [1.29, 1.82) is 0 Å². The Hall–Kier alpha value is -3.90. The molecule has 194 valence electrons. The van der Waals surface area contributed by atoms with E-state index in [1.54, 1.807) is 10.9 Å². The molecule has 0 saturated carbocycles. The van der Waals surface area contributed by atoms with E-state index in [1.165, 1.54) is 19.5 Å². The van der Waals surface area contributed by atoms with Crippen LogP contribution < -0.4 is 10.5 Å². The Morgan fingerprint density at radius 1 is 1.32 bits per heavy atom. The summed E-state index contributed by atoms with van der Waals surface area (Å²) in [5.41, 5.74) is 8.42. The zero-order valence-corrected chi connectivity index (χ0v) is 20.2. The first-order chi connectivity index (χ1) is 17.9. The quantitative estimate of drug-likeness (QED) is 0.346. The minimum absolute atomic E-state index is 0.00827. The molecular formula is C25H27F2N7O3. The van der Waals surface area contributed by atoms with Gasteiger partial charge in [0.25, 0.3) is 0 Å². The summed E-state index contributed by atoms with van der Waals surface area (Å²) in [6.45, 7) is 1.51. The Morgan fingerprint density at radius 2 is 2.19 bits per heavy atom. The number of benzene rings is 1. The number of esters is 1. The number of H-pyrrole nitrogens is 1. The summed E-state index contributed by atoms with van der Waals surface area (Å²) >= 11 is 0. The predicted octanol–water partition coefficient (Wildman–Crippen LogP) is 2.74. The lowest BCUT2D eigenvalue weighted by Gasteiger charge is -2.36. The number of piperidine rings is 1. The second-order valence-electron chi connectivity index (χ2n) is 8.95. The van der Waals surface area contributed by atoms with E-state index in [9.17, 15) is 9.18 Å². The van der Waals surface area contributed by atoms with Gasteiger partial charge >= 0.3 is 5.97 Å². The van der Waals surface area contributed by atoms with Gasteiger partial charge in [0.15, 0.2) is 0 Å². The number of rotatable bonds is 8. The van der Waals surface area contributed by atoms with E-state index in [-0.39, 0.29) is 23.9 Å². The van der Waals surface area contributed by atoms with E-state index in [0.29, 0.717) is 26.1 Å². The number of hydrogen-bond donors (Lipinski definition) is 2. The van der Waals surface area contributed by atoms with Gasteiger partial charge in [-0.15, -0.1) is 0 Å². The number of ether oxygens (including phenoxy) is 2. The molecule has 0 radical (unpaired) electrons. The van der Waals surface area contributed by atoms with Crippen molar-refractivity contribution in [2.45, 2.75) is 24.7 Å². The topological polar surface area (TPSA) is 124 Å². The summed E-state index contributed by atoms with van der Waals surface area (Å²) in [5, 5.41) is 5.39. The number of carbonyl (C=O) groups is 1. The molecule has 0 aliphatic carbocycles. The molecule has 3 N–H and O–H groups in total. The molecule has 4 heterocycles. The van der Waals surface area contributed by atoms with Crippen molar-refractivity contribution in [3.63, 3.8) is 0 Å². The summed E-state index contributed by atoms with van der Waals surface area (Å²) in [6, 6.07) is 5.27. The molecule has 1 fully saturated rings. The molecule has 1 aromatic carbocycles. The van der Waals surface area contributed by atoms with Crippen LogP contribution in [0, 0.1) is 5.82 Å². The smallest absolute Gasteiger partial charge is 0.338 e. The minimum Gasteiger partial charge on any atom is -0.487 e. The van der Waals surface area contributed by atoms with E-state index >= 15 is 4.39 Å². The summed E-state index contributed by atoms with van der Waals surface area (Å²) in [4.78, 5) is 25.4. The monoisotopic (exact) mass is 511 g/mol. The number of nitrogens with zero attached hydrogens (tertiary/aromatic N) is 5. The first-order valence-corrected chi connectivity index (χ1v) is 11.9. The molecule has 5 rings (SSSR count). The molecule has 1 saturated heterocycles. The second kappa shape index (κ2) is 10.6. The molecule has 3 aromatic heterocycles. The molecule has 1 aliphatic rings. The van der Waals surface area contributed by atoms with Gasteiger partial charge in [0.05, 0.1) is 30.6 Å². The highest BCUT2D eigenvalue weighted by Gasteiger charge is 2.32. The van der Waals surface area contributed by atoms with Gasteiger partial charge in [-0.05, 0) is 24.6 Å². The highest BCUT2D eigenvalue weighted by Crippen LogP contribution is 2.27. The number of aromatic nitrogens is 5. The molecule has 12 heteroatoms. The number of fused-ring (bicyclic) bond motifs is 1. The van der Waals surface area contributed by atoms with E-state index < -0.39 is 24.1 Å². The Labute approximate surface area is 211 Å². The fraction of sp³-hybridized carbons (Fsp3) is 0.360. The third kappa shape index (κ3) is 5.30. The number of halogens is 2. The third-order valence-electron chi connectivity index (χ3n) is 6.49. The predicted molar refractivity (Wildman–Crippen MR) is 131 cm³/mol. The van der Waals surface area contributed by atoms with E-state index in [2.05, 4.69) is 24.8 Å². The van der Waals surface area contributed by atoms with Crippen LogP contribution in [0.25, 0.3) is 22.3 Å². The van der Waals surface area contributed by atoms with Crippen LogP contribution >= 0.6 is 0 Å². The maximum absolute atomic E-state index is 15.1. The maximum atomic E-state index is 15.1. The molecular weight excluding hydrogens is 484 g/mol. The third-order valence-corrected chi connectivity index (χ3v) is 6.49. The number of carbonyl (C=O) groups excluding carboxylic acids is 1. The second-order valence-corrected chi connectivity index (χ2v) is 8.95. The van der Waals surface area contributed by atoms with Gasteiger partial charge in [0, 0.05) is 55.6 Å². The highest BCUT2D eigenvalue weighted by molar-refractivity contribution is 5.90. The number of nitrogens with two attached hydrogens (primary N) is 1. The van der Waals surface area contributed by atoms with Crippen LogP contribution in [0.4, 0.5) is 8.78 Å². The normalized spacial score (nSPS) is 19.1. The van der Waals surface area contributed by atoms with E-state index in [1.807, 2.05) is 23.4 Å². The summed E-state index contributed by atoms with van der Waals surface area (Å²) in [6.07, 6.45) is 5.24. The van der Waals surface area contributed by atoms with Crippen LogP contribution in [-0.4, -0.2) is 81.2 Å². The van der Waals surface area contributed by atoms with Crippen LogP contribution in [-0.2, 0) is 4.74 Å². The first kappa shape index (κ1) is 24.8. The van der Waals surface area contributed by atoms with E-state index in [0.717, 1.165) is 34.4 Å². The van der Waals surface area contributed by atoms with Gasteiger partial charge < -0.3 is 20.2 Å². The number of hydrogen-bond acceptors (Lipinski definition) is 8. The molecule has 3 unspecified atom stereocenters. The lowest BCUT2D eigenvalue weighted by molar-refractivity contribution is 0.0168. The molecule has 0 spiro atoms. The number of methoxy groups -OCH3 is 1. The average Bonchev–Trinajstić information content (AvgIpc) is 3.58. The van der Waals surface area contributed by atoms with E-state index in [4.69, 9.17) is 10.5 Å². The largest absolute Gasteiger partial charge is 0.487 e. The van der Waals surface area contributed by atoms with Crippen LogP contribution in [0.1, 0.15) is 22.8 Å².